The van der Waals surface area contributed by atoms with Crippen molar-refractivity contribution in [2.75, 3.05) is 4.90 Å². The molecular weight excluding hydrogens is 687 g/mol. The first-order valence-electron chi connectivity index (χ1n) is 21.5. The van der Waals surface area contributed by atoms with Crippen molar-refractivity contribution in [2.45, 2.75) is 52.4 Å². The maximum atomic E-state index is 8.14. The van der Waals surface area contributed by atoms with E-state index in [1.54, 1.807) is 0 Å². The summed E-state index contributed by atoms with van der Waals surface area (Å²) >= 11 is 0. The second-order valence-corrected chi connectivity index (χ2v) is 15.0. The van der Waals surface area contributed by atoms with Crippen LogP contribution in [0, 0.1) is 0 Å². The molecule has 0 saturated heterocycles. The topological polar surface area (TPSA) is 3.24 Å². The lowest BCUT2D eigenvalue weighted by molar-refractivity contribution is 0.795. The zero-order chi connectivity index (χ0) is 40.6. The predicted octanol–water partition coefficient (Wildman–Crippen LogP) is 16.2. The van der Waals surface area contributed by atoms with Gasteiger partial charge >= 0.3 is 0 Å². The van der Waals surface area contributed by atoms with Gasteiger partial charge in [0.1, 0.15) is 0 Å². The number of benzene rings is 8. The molecule has 0 spiro atoms. The highest BCUT2D eigenvalue weighted by Crippen LogP contribution is 2.39. The van der Waals surface area contributed by atoms with E-state index in [1.165, 1.54) is 64.6 Å². The molecule has 1 heteroatoms. The van der Waals surface area contributed by atoms with E-state index in [-0.39, 0.29) is 0 Å². The lowest BCUT2D eigenvalue weighted by atomic mass is 9.92. The smallest absolute Gasteiger partial charge is 0.0623 e. The van der Waals surface area contributed by atoms with Crippen LogP contribution < -0.4 is 4.90 Å². The third-order valence-corrected chi connectivity index (χ3v) is 10.9. The number of unbranched alkanes of at least 4 members (excludes halogenated alkanes) is 2. The highest BCUT2D eigenvalue weighted by Gasteiger charge is 2.15. The Labute approximate surface area is 342 Å². The van der Waals surface area contributed by atoms with E-state index in [2.05, 4.69) is 170 Å². The summed E-state index contributed by atoms with van der Waals surface area (Å²) in [7, 11) is 0. The molecule has 8 aromatic rings. The largest absolute Gasteiger partial charge is 0.311 e. The normalized spacial score (nSPS) is 11.5. The van der Waals surface area contributed by atoms with Gasteiger partial charge in [-0.25, -0.2) is 0 Å². The number of hydrogen-bond donors (Lipinski definition) is 0. The fourth-order valence-corrected chi connectivity index (χ4v) is 7.62. The number of rotatable bonds is 14. The minimum atomic E-state index is 0.502. The SMILES string of the molecule is [3H]c1cccc(-c2ccc(N(c3ccc(-c4cccc([3H])c4)cc3)c3ccc(-c4cc(-c5ccc(CCCC)cc5)cc(-c5ccc(CCCC)cc5)c4)cc3)cc2)c1. The number of aryl methyl sites for hydroxylation is 2. The van der Waals surface area contributed by atoms with Crippen molar-refractivity contribution in [1.82, 2.24) is 0 Å². The Balaban J connectivity index is 1.17. The number of anilines is 3. The second kappa shape index (κ2) is 18.0. The molecule has 0 aliphatic rings. The monoisotopic (exact) mass is 741 g/mol. The van der Waals surface area contributed by atoms with Gasteiger partial charge in [-0.2, -0.15) is 0 Å². The molecule has 8 aromatic carbocycles. The predicted molar refractivity (Wildman–Crippen MR) is 246 cm³/mol. The summed E-state index contributed by atoms with van der Waals surface area (Å²) in [5.74, 6) is 0. The van der Waals surface area contributed by atoms with Crippen molar-refractivity contribution in [3.05, 3.63) is 211 Å². The fourth-order valence-electron chi connectivity index (χ4n) is 7.62. The van der Waals surface area contributed by atoms with Crippen molar-refractivity contribution >= 4 is 17.1 Å². The van der Waals surface area contributed by atoms with Gasteiger partial charge in [0.15, 0.2) is 0 Å². The van der Waals surface area contributed by atoms with Gasteiger partial charge in [-0.1, -0.05) is 172 Å². The maximum absolute atomic E-state index is 8.14. The second-order valence-electron chi connectivity index (χ2n) is 15.0. The molecule has 0 bridgehead atoms. The summed E-state index contributed by atoms with van der Waals surface area (Å²) in [5.41, 5.74) is 17.4. The van der Waals surface area contributed by atoms with E-state index in [0.717, 1.165) is 57.7 Å². The summed E-state index contributed by atoms with van der Waals surface area (Å²) in [5, 5.41) is 0. The lowest BCUT2D eigenvalue weighted by Crippen LogP contribution is -2.09. The van der Waals surface area contributed by atoms with E-state index < -0.39 is 0 Å². The maximum Gasteiger partial charge on any atom is 0.0623 e. The molecule has 280 valence electrons. The van der Waals surface area contributed by atoms with Gasteiger partial charge < -0.3 is 4.90 Å². The third-order valence-electron chi connectivity index (χ3n) is 10.9. The molecule has 8 rings (SSSR count). The van der Waals surface area contributed by atoms with Gasteiger partial charge in [0.05, 0.1) is 2.74 Å². The van der Waals surface area contributed by atoms with E-state index in [1.807, 2.05) is 36.4 Å². The molecule has 0 aliphatic carbocycles. The van der Waals surface area contributed by atoms with Crippen LogP contribution >= 0.6 is 0 Å². The highest BCUT2D eigenvalue weighted by atomic mass is 15.1. The number of hydrogen-bond acceptors (Lipinski definition) is 1. The molecule has 0 fully saturated rings. The van der Waals surface area contributed by atoms with Gasteiger partial charge in [0.25, 0.3) is 0 Å². The van der Waals surface area contributed by atoms with E-state index >= 15 is 0 Å². The van der Waals surface area contributed by atoms with Crippen molar-refractivity contribution in [1.29, 1.82) is 0 Å². The minimum absolute atomic E-state index is 0.502. The van der Waals surface area contributed by atoms with Crippen LogP contribution in [0.2, 0.25) is 0 Å². The Bertz CT molecular complexity index is 2450. The van der Waals surface area contributed by atoms with Crippen molar-refractivity contribution in [2.24, 2.45) is 0 Å². The van der Waals surface area contributed by atoms with E-state index in [9.17, 15) is 0 Å². The molecule has 0 amide bonds. The van der Waals surface area contributed by atoms with Crippen LogP contribution in [0.5, 0.6) is 0 Å². The zero-order valence-corrected chi connectivity index (χ0v) is 33.1. The van der Waals surface area contributed by atoms with Crippen LogP contribution in [-0.2, 0) is 12.8 Å². The number of nitrogens with zero attached hydrogens (tertiary/aromatic N) is 1. The molecule has 0 heterocycles. The van der Waals surface area contributed by atoms with Crippen LogP contribution in [-0.4, -0.2) is 0 Å². The van der Waals surface area contributed by atoms with Crippen LogP contribution in [0.4, 0.5) is 17.1 Å². The molecule has 0 aliphatic heterocycles. The Morgan fingerprint density at radius 3 is 0.947 bits per heavy atom. The van der Waals surface area contributed by atoms with Crippen LogP contribution in [0.25, 0.3) is 55.6 Å². The van der Waals surface area contributed by atoms with Crippen molar-refractivity contribution in [3.8, 4) is 55.6 Å². The molecule has 0 unspecified atom stereocenters. The molecule has 0 atom stereocenters. The standard InChI is InChI=1S/C56H51N/c1-3-5-13-42-19-23-48(24-20-42)51-39-52(49-25-21-43(22-26-49)14-6-4-2)41-53(40-51)50-31-37-56(38-32-50)57(54-33-27-46(28-34-54)44-15-9-7-10-16-44)55-35-29-47(30-36-55)45-17-11-8-12-18-45/h7-12,15-41H,3-6,13-14H2,1-2H3/i9T,11T. The van der Waals surface area contributed by atoms with Crippen molar-refractivity contribution < 1.29 is 2.74 Å². The summed E-state index contributed by atoms with van der Waals surface area (Å²) < 4.78 is 16.3. The molecule has 0 saturated carbocycles. The first-order chi connectivity index (χ1) is 28.9. The molecule has 57 heavy (non-hydrogen) atoms. The van der Waals surface area contributed by atoms with Gasteiger partial charge in [-0.05, 0) is 147 Å². The zero-order valence-electron chi connectivity index (χ0n) is 35.1. The molecule has 0 N–H and O–H groups in total. The highest BCUT2D eigenvalue weighted by molar-refractivity contribution is 5.84. The Hall–Kier alpha value is -6.44. The Morgan fingerprint density at radius 2 is 0.632 bits per heavy atom. The molecule has 1 nitrogen and oxygen atoms in total. The first-order valence-corrected chi connectivity index (χ1v) is 20.5. The molecular formula is C56H51N. The summed E-state index contributed by atoms with van der Waals surface area (Å²) in [6.45, 7) is 4.50. The Kier molecular flexibility index (Phi) is 11.1. The third kappa shape index (κ3) is 9.01. The quantitative estimate of drug-likeness (QED) is 0.107. The first kappa shape index (κ1) is 35.0. The van der Waals surface area contributed by atoms with Crippen LogP contribution in [0.3, 0.4) is 0 Å². The average Bonchev–Trinajstić information content (AvgIpc) is 3.28. The lowest BCUT2D eigenvalue weighted by Gasteiger charge is -2.26. The Morgan fingerprint density at radius 1 is 0.333 bits per heavy atom. The summed E-state index contributed by atoms with van der Waals surface area (Å²) in [4.78, 5) is 2.29. The summed E-state index contributed by atoms with van der Waals surface area (Å²) in [6, 6.07) is 67.9. The van der Waals surface area contributed by atoms with Gasteiger partial charge in [-0.15, -0.1) is 0 Å². The van der Waals surface area contributed by atoms with Gasteiger partial charge in [0.2, 0.25) is 0 Å². The van der Waals surface area contributed by atoms with Gasteiger partial charge in [-0.3, -0.25) is 0 Å². The van der Waals surface area contributed by atoms with Crippen molar-refractivity contribution in [3.63, 3.8) is 0 Å². The molecule has 0 radical (unpaired) electrons. The van der Waals surface area contributed by atoms with E-state index in [0.29, 0.717) is 12.1 Å². The van der Waals surface area contributed by atoms with Crippen LogP contribution in [0.1, 0.15) is 53.4 Å². The average molecular weight is 742 g/mol. The minimum Gasteiger partial charge on any atom is -0.311 e. The van der Waals surface area contributed by atoms with E-state index in [4.69, 9.17) is 2.74 Å². The summed E-state index contributed by atoms with van der Waals surface area (Å²) in [6.07, 6.45) is 7.04. The van der Waals surface area contributed by atoms with Crippen LogP contribution in [0.15, 0.2) is 200 Å². The van der Waals surface area contributed by atoms with Gasteiger partial charge in [0, 0.05) is 17.1 Å². The fraction of sp³-hybridized carbons (Fsp3) is 0.143. The molecule has 0 aromatic heterocycles.